The average Bonchev–Trinajstić information content (AvgIpc) is 2.87. The van der Waals surface area contributed by atoms with Gasteiger partial charge >= 0.3 is 0 Å². The maximum absolute atomic E-state index is 13.3. The number of hydrogen-bond acceptors (Lipinski definition) is 6. The first-order chi connectivity index (χ1) is 17.0. The van der Waals surface area contributed by atoms with Gasteiger partial charge < -0.3 is 15.2 Å². The van der Waals surface area contributed by atoms with Crippen LogP contribution in [-0.4, -0.2) is 35.5 Å². The van der Waals surface area contributed by atoms with Gasteiger partial charge in [-0.3, -0.25) is 9.59 Å². The number of nitrogens with two attached hydrogens (primary N) is 1. The van der Waals surface area contributed by atoms with E-state index in [1.165, 1.54) is 11.8 Å². The van der Waals surface area contributed by atoms with E-state index in [-0.39, 0.29) is 12.2 Å². The quantitative estimate of drug-likeness (QED) is 0.299. The molecule has 1 heterocycles. The number of nitrogens with zero attached hydrogens (tertiary/aromatic N) is 3. The smallest absolute Gasteiger partial charge is 0.282 e. The lowest BCUT2D eigenvalue weighted by Crippen LogP contribution is -2.21. The molecule has 0 radical (unpaired) electrons. The minimum Gasteiger partial charge on any atom is -0.493 e. The molecule has 35 heavy (non-hydrogen) atoms. The summed E-state index contributed by atoms with van der Waals surface area (Å²) in [4.78, 5) is 29.3. The fraction of sp³-hybridized carbons (Fsp3) is 0.111. The van der Waals surface area contributed by atoms with Crippen LogP contribution in [-0.2, 0) is 11.2 Å². The Morgan fingerprint density at radius 1 is 1.14 bits per heavy atom. The second-order valence-electron chi connectivity index (χ2n) is 7.64. The largest absolute Gasteiger partial charge is 0.493 e. The number of aromatic nitrogens is 2. The van der Waals surface area contributed by atoms with Gasteiger partial charge in [0.05, 0.1) is 24.2 Å². The maximum Gasteiger partial charge on any atom is 0.282 e. The third kappa shape index (κ3) is 5.11. The molecule has 0 atom stereocenters. The van der Waals surface area contributed by atoms with Crippen molar-refractivity contribution in [2.45, 2.75) is 6.42 Å². The number of allylic oxidation sites excluding steroid dienone is 1. The summed E-state index contributed by atoms with van der Waals surface area (Å²) in [6, 6.07) is 20.1. The number of amides is 1. The van der Waals surface area contributed by atoms with Crippen molar-refractivity contribution < 1.29 is 14.3 Å². The van der Waals surface area contributed by atoms with Crippen molar-refractivity contribution in [1.82, 2.24) is 9.66 Å². The van der Waals surface area contributed by atoms with Gasteiger partial charge in [-0.1, -0.05) is 48.5 Å². The van der Waals surface area contributed by atoms with E-state index in [4.69, 9.17) is 20.2 Å². The molecule has 0 saturated carbocycles. The molecular weight excluding hydrogens is 444 g/mol. The number of primary amides is 1. The molecule has 0 unspecified atom stereocenters. The summed E-state index contributed by atoms with van der Waals surface area (Å²) in [6.07, 6.45) is 3.72. The molecule has 0 spiro atoms. The SMILES string of the molecule is C=CCc1cc(C=Nn2c(-c3ccccc3)nc3ccccc3c2=O)cc(OC)c1OCC(N)=O. The van der Waals surface area contributed by atoms with Crippen LogP contribution in [0.25, 0.3) is 22.3 Å². The standard InChI is InChI=1S/C27H24N4O4/c1-3-9-20-14-18(15-23(34-2)25(20)35-17-24(28)32)16-29-31-26(19-10-5-4-6-11-19)30-22-13-8-7-12-21(22)27(31)33/h3-8,10-16H,1,9,17H2,2H3,(H2,28,32). The Bertz CT molecular complexity index is 1480. The highest BCUT2D eigenvalue weighted by atomic mass is 16.5. The summed E-state index contributed by atoms with van der Waals surface area (Å²) in [5.41, 5.74) is 7.68. The lowest BCUT2D eigenvalue weighted by atomic mass is 10.1. The molecule has 4 aromatic rings. The lowest BCUT2D eigenvalue weighted by Gasteiger charge is -2.15. The van der Waals surface area contributed by atoms with Gasteiger partial charge in [0, 0.05) is 11.1 Å². The molecular formula is C27H24N4O4. The van der Waals surface area contributed by atoms with Crippen molar-refractivity contribution in [1.29, 1.82) is 0 Å². The summed E-state index contributed by atoms with van der Waals surface area (Å²) < 4.78 is 12.3. The van der Waals surface area contributed by atoms with E-state index in [0.717, 1.165) is 11.1 Å². The number of para-hydroxylation sites is 1. The van der Waals surface area contributed by atoms with Crippen molar-refractivity contribution in [3.05, 3.63) is 101 Å². The molecule has 8 nitrogen and oxygen atoms in total. The number of carbonyl (C=O) groups excluding carboxylic acids is 1. The number of fused-ring (bicyclic) bond motifs is 1. The fourth-order valence-corrected chi connectivity index (χ4v) is 3.65. The second kappa shape index (κ2) is 10.5. The Balaban J connectivity index is 1.84. The first-order valence-electron chi connectivity index (χ1n) is 10.9. The predicted octanol–water partition coefficient (Wildman–Crippen LogP) is 3.55. The molecule has 0 saturated heterocycles. The molecule has 0 aliphatic carbocycles. The number of hydrogen-bond donors (Lipinski definition) is 1. The third-order valence-corrected chi connectivity index (χ3v) is 5.21. The van der Waals surface area contributed by atoms with Crippen LogP contribution >= 0.6 is 0 Å². The first-order valence-corrected chi connectivity index (χ1v) is 10.9. The van der Waals surface area contributed by atoms with E-state index < -0.39 is 5.91 Å². The molecule has 0 bridgehead atoms. The van der Waals surface area contributed by atoms with E-state index in [9.17, 15) is 9.59 Å². The number of rotatable bonds is 9. The van der Waals surface area contributed by atoms with Gasteiger partial charge in [-0.05, 0) is 36.2 Å². The summed E-state index contributed by atoms with van der Waals surface area (Å²) in [6.45, 7) is 3.50. The van der Waals surface area contributed by atoms with Gasteiger partial charge in [-0.25, -0.2) is 4.98 Å². The van der Waals surface area contributed by atoms with Crippen LogP contribution in [0.4, 0.5) is 0 Å². The van der Waals surface area contributed by atoms with Gasteiger partial charge in [-0.15, -0.1) is 6.58 Å². The highest BCUT2D eigenvalue weighted by Gasteiger charge is 2.15. The van der Waals surface area contributed by atoms with Crippen molar-refractivity contribution in [2.75, 3.05) is 13.7 Å². The van der Waals surface area contributed by atoms with Gasteiger partial charge in [0.15, 0.2) is 23.9 Å². The van der Waals surface area contributed by atoms with Crippen molar-refractivity contribution in [2.24, 2.45) is 10.8 Å². The summed E-state index contributed by atoms with van der Waals surface area (Å²) in [5.74, 6) is 0.626. The Labute approximate surface area is 201 Å². The zero-order valence-electron chi connectivity index (χ0n) is 19.2. The van der Waals surface area contributed by atoms with E-state index in [2.05, 4.69) is 11.7 Å². The summed E-state index contributed by atoms with van der Waals surface area (Å²) in [7, 11) is 1.50. The fourth-order valence-electron chi connectivity index (χ4n) is 3.65. The molecule has 176 valence electrons. The Kier molecular flexibility index (Phi) is 7.02. The van der Waals surface area contributed by atoms with Crippen LogP contribution < -0.4 is 20.8 Å². The molecule has 8 heteroatoms. The number of methoxy groups -OCH3 is 1. The van der Waals surface area contributed by atoms with Crippen LogP contribution in [0.1, 0.15) is 11.1 Å². The topological polar surface area (TPSA) is 109 Å². The van der Waals surface area contributed by atoms with Crippen molar-refractivity contribution in [3.8, 4) is 22.9 Å². The van der Waals surface area contributed by atoms with E-state index in [1.54, 1.807) is 36.6 Å². The van der Waals surface area contributed by atoms with Crippen molar-refractivity contribution in [3.63, 3.8) is 0 Å². The third-order valence-electron chi connectivity index (χ3n) is 5.21. The van der Waals surface area contributed by atoms with Gasteiger partial charge in [-0.2, -0.15) is 9.78 Å². The molecule has 3 aromatic carbocycles. The minimum absolute atomic E-state index is 0.285. The molecule has 0 aliphatic heterocycles. The molecule has 2 N–H and O–H groups in total. The summed E-state index contributed by atoms with van der Waals surface area (Å²) >= 11 is 0. The van der Waals surface area contributed by atoms with Gasteiger partial charge in [0.1, 0.15) is 0 Å². The summed E-state index contributed by atoms with van der Waals surface area (Å²) in [5, 5.41) is 4.97. The van der Waals surface area contributed by atoms with E-state index in [0.29, 0.717) is 40.2 Å². The van der Waals surface area contributed by atoms with Gasteiger partial charge in [0.25, 0.3) is 11.5 Å². The first kappa shape index (κ1) is 23.4. The Morgan fingerprint density at radius 2 is 1.89 bits per heavy atom. The van der Waals surface area contributed by atoms with Crippen molar-refractivity contribution >= 4 is 23.0 Å². The Morgan fingerprint density at radius 3 is 2.60 bits per heavy atom. The van der Waals surface area contributed by atoms with Crippen LogP contribution in [0.3, 0.4) is 0 Å². The zero-order chi connectivity index (χ0) is 24.8. The molecule has 0 fully saturated rings. The van der Waals surface area contributed by atoms with E-state index in [1.807, 2.05) is 42.5 Å². The average molecular weight is 469 g/mol. The normalized spacial score (nSPS) is 11.0. The second-order valence-corrected chi connectivity index (χ2v) is 7.64. The number of benzene rings is 3. The van der Waals surface area contributed by atoms with E-state index >= 15 is 0 Å². The van der Waals surface area contributed by atoms with Crippen LogP contribution in [0.5, 0.6) is 11.5 Å². The van der Waals surface area contributed by atoms with Gasteiger partial charge in [0.2, 0.25) is 0 Å². The molecule has 1 amide bonds. The van der Waals surface area contributed by atoms with Crippen LogP contribution in [0, 0.1) is 0 Å². The Hall–Kier alpha value is -4.72. The molecule has 1 aromatic heterocycles. The lowest BCUT2D eigenvalue weighted by molar-refractivity contribution is -0.119. The monoisotopic (exact) mass is 468 g/mol. The number of carbonyl (C=O) groups is 1. The number of ether oxygens (including phenoxy) is 2. The highest BCUT2D eigenvalue weighted by molar-refractivity contribution is 5.83. The highest BCUT2D eigenvalue weighted by Crippen LogP contribution is 2.33. The molecule has 4 rings (SSSR count). The molecule has 0 aliphatic rings. The van der Waals surface area contributed by atoms with Crippen LogP contribution in [0.2, 0.25) is 0 Å². The minimum atomic E-state index is -0.598. The zero-order valence-corrected chi connectivity index (χ0v) is 19.2. The maximum atomic E-state index is 13.3. The van der Waals surface area contributed by atoms with Crippen LogP contribution in [0.15, 0.2) is 89.3 Å². The predicted molar refractivity (Wildman–Crippen MR) is 136 cm³/mol.